The van der Waals surface area contributed by atoms with Gasteiger partial charge in [0.25, 0.3) is 5.56 Å². The summed E-state index contributed by atoms with van der Waals surface area (Å²) >= 11 is 0. The molecule has 3 heterocycles. The number of hydrogen-bond acceptors (Lipinski definition) is 4. The van der Waals surface area contributed by atoms with E-state index in [1.165, 1.54) is 0 Å². The van der Waals surface area contributed by atoms with Crippen LogP contribution in [0.15, 0.2) is 4.79 Å². The van der Waals surface area contributed by atoms with Gasteiger partial charge in [0.2, 0.25) is 10.0 Å². The molecule has 128 valence electrons. The molecule has 1 N–H and O–H groups in total. The average molecular weight is 339 g/mol. The van der Waals surface area contributed by atoms with Crippen molar-refractivity contribution in [3.63, 3.8) is 0 Å². The van der Waals surface area contributed by atoms with Gasteiger partial charge in [0, 0.05) is 30.5 Å². The van der Waals surface area contributed by atoms with Crippen molar-refractivity contribution in [1.82, 2.24) is 14.3 Å². The Morgan fingerprint density at radius 3 is 2.57 bits per heavy atom. The van der Waals surface area contributed by atoms with Crippen LogP contribution < -0.4 is 5.56 Å². The number of fused-ring (bicyclic) bond motifs is 3. The predicted molar refractivity (Wildman–Crippen MR) is 89.0 cm³/mol. The summed E-state index contributed by atoms with van der Waals surface area (Å²) < 4.78 is 27.2. The Hall–Kier alpha value is -1.21. The van der Waals surface area contributed by atoms with Gasteiger partial charge in [0.15, 0.2) is 0 Å². The maximum Gasteiger partial charge on any atom is 0.254 e. The summed E-state index contributed by atoms with van der Waals surface area (Å²) in [4.78, 5) is 19.7. The molecule has 2 unspecified atom stereocenters. The highest BCUT2D eigenvalue weighted by Crippen LogP contribution is 2.35. The van der Waals surface area contributed by atoms with Gasteiger partial charge in [-0.15, -0.1) is 0 Å². The number of hydrogen-bond donors (Lipinski definition) is 1. The number of sulfonamides is 1. The van der Waals surface area contributed by atoms with Crippen molar-refractivity contribution in [2.24, 2.45) is 0 Å². The molecule has 1 saturated heterocycles. The maximum absolute atomic E-state index is 12.7. The van der Waals surface area contributed by atoms with Gasteiger partial charge in [-0.2, -0.15) is 4.31 Å². The van der Waals surface area contributed by atoms with Gasteiger partial charge in [-0.25, -0.2) is 13.4 Å². The van der Waals surface area contributed by atoms with Crippen LogP contribution in [-0.4, -0.2) is 40.5 Å². The number of rotatable bonds is 5. The first-order chi connectivity index (χ1) is 11.0. The Bertz CT molecular complexity index is 741. The topological polar surface area (TPSA) is 83.1 Å². The summed E-state index contributed by atoms with van der Waals surface area (Å²) in [6, 6.07) is -0.124. The second kappa shape index (κ2) is 6.36. The zero-order valence-electron chi connectivity index (χ0n) is 13.8. The van der Waals surface area contributed by atoms with E-state index in [-0.39, 0.29) is 23.4 Å². The molecule has 3 rings (SSSR count). The summed E-state index contributed by atoms with van der Waals surface area (Å²) in [6.07, 6.45) is 4.98. The van der Waals surface area contributed by atoms with Crippen LogP contribution in [-0.2, 0) is 29.3 Å². The predicted octanol–water partition coefficient (Wildman–Crippen LogP) is 1.39. The van der Waals surface area contributed by atoms with Crippen molar-refractivity contribution < 1.29 is 8.42 Å². The fourth-order valence-electron chi connectivity index (χ4n) is 3.81. The van der Waals surface area contributed by atoms with E-state index in [9.17, 15) is 13.2 Å². The van der Waals surface area contributed by atoms with Crippen LogP contribution in [0.25, 0.3) is 0 Å². The standard InChI is InChI=1S/C16H25N3O3S/c1-3-5-8-23(21,22)19-11-6-7-12(19)10-14-13(9-11)16(20)18-15(4-2)17-14/h11-12H,3-10H2,1-2H3,(H,17,18,20). The molecule has 1 fully saturated rings. The monoisotopic (exact) mass is 339 g/mol. The highest BCUT2D eigenvalue weighted by molar-refractivity contribution is 7.89. The van der Waals surface area contributed by atoms with Gasteiger partial charge in [-0.3, -0.25) is 4.79 Å². The summed E-state index contributed by atoms with van der Waals surface area (Å²) in [6.45, 7) is 3.95. The first-order valence-electron chi connectivity index (χ1n) is 8.58. The lowest BCUT2D eigenvalue weighted by Crippen LogP contribution is -2.43. The highest BCUT2D eigenvalue weighted by Gasteiger charge is 2.44. The van der Waals surface area contributed by atoms with E-state index in [4.69, 9.17) is 0 Å². The average Bonchev–Trinajstić information content (AvgIpc) is 2.81. The lowest BCUT2D eigenvalue weighted by molar-refractivity contribution is 0.326. The van der Waals surface area contributed by atoms with Crippen LogP contribution in [0, 0.1) is 0 Å². The third-order valence-corrected chi connectivity index (χ3v) is 7.03. The summed E-state index contributed by atoms with van der Waals surface area (Å²) in [5.74, 6) is 0.892. The van der Waals surface area contributed by atoms with Crippen molar-refractivity contribution in [3.05, 3.63) is 27.4 Å². The van der Waals surface area contributed by atoms with Gasteiger partial charge in [-0.05, 0) is 25.7 Å². The molecule has 2 aliphatic rings. The summed E-state index contributed by atoms with van der Waals surface area (Å²) in [5, 5.41) is 0. The summed E-state index contributed by atoms with van der Waals surface area (Å²) in [7, 11) is -3.26. The molecule has 23 heavy (non-hydrogen) atoms. The van der Waals surface area contributed by atoms with Crippen molar-refractivity contribution in [1.29, 1.82) is 0 Å². The molecule has 7 heteroatoms. The van der Waals surface area contributed by atoms with E-state index in [2.05, 4.69) is 9.97 Å². The smallest absolute Gasteiger partial charge is 0.254 e. The highest BCUT2D eigenvalue weighted by atomic mass is 32.2. The SMILES string of the molecule is CCCCS(=O)(=O)N1C2CCC1Cc1c(nc(CC)[nH]c1=O)C2. The zero-order valence-corrected chi connectivity index (χ0v) is 14.7. The molecule has 2 atom stereocenters. The Kier molecular flexibility index (Phi) is 4.60. The van der Waals surface area contributed by atoms with E-state index in [0.717, 1.165) is 25.0 Å². The minimum atomic E-state index is -3.26. The van der Waals surface area contributed by atoms with Crippen LogP contribution in [0.5, 0.6) is 0 Å². The molecule has 2 aliphatic heterocycles. The van der Waals surface area contributed by atoms with Gasteiger partial charge < -0.3 is 4.98 Å². The number of aromatic amines is 1. The van der Waals surface area contributed by atoms with E-state index in [0.29, 0.717) is 37.1 Å². The van der Waals surface area contributed by atoms with Crippen LogP contribution in [0.2, 0.25) is 0 Å². The number of unbranched alkanes of at least 4 members (excludes halogenated alkanes) is 1. The third-order valence-electron chi connectivity index (χ3n) is 4.98. The number of H-pyrrole nitrogens is 1. The largest absolute Gasteiger partial charge is 0.310 e. The number of nitrogens with zero attached hydrogens (tertiary/aromatic N) is 2. The van der Waals surface area contributed by atoms with Crippen molar-refractivity contribution in [2.75, 3.05) is 5.75 Å². The fourth-order valence-corrected chi connectivity index (χ4v) is 5.94. The van der Waals surface area contributed by atoms with Gasteiger partial charge >= 0.3 is 0 Å². The Morgan fingerprint density at radius 2 is 1.91 bits per heavy atom. The van der Waals surface area contributed by atoms with Crippen LogP contribution in [0.4, 0.5) is 0 Å². The quantitative estimate of drug-likeness (QED) is 0.879. The van der Waals surface area contributed by atoms with E-state index in [1.807, 2.05) is 13.8 Å². The number of aryl methyl sites for hydroxylation is 1. The first-order valence-corrected chi connectivity index (χ1v) is 10.2. The Morgan fingerprint density at radius 1 is 1.22 bits per heavy atom. The third kappa shape index (κ3) is 3.08. The molecule has 0 radical (unpaired) electrons. The Balaban J connectivity index is 1.96. The van der Waals surface area contributed by atoms with Crippen molar-refractivity contribution in [3.8, 4) is 0 Å². The lowest BCUT2D eigenvalue weighted by atomic mass is 9.98. The normalized spacial score (nSPS) is 24.4. The fraction of sp³-hybridized carbons (Fsp3) is 0.750. The lowest BCUT2D eigenvalue weighted by Gasteiger charge is -2.27. The molecule has 0 saturated carbocycles. The minimum Gasteiger partial charge on any atom is -0.310 e. The van der Waals surface area contributed by atoms with Crippen molar-refractivity contribution >= 4 is 10.0 Å². The second-order valence-electron chi connectivity index (χ2n) is 6.58. The van der Waals surface area contributed by atoms with Gasteiger partial charge in [-0.1, -0.05) is 20.3 Å². The van der Waals surface area contributed by atoms with E-state index >= 15 is 0 Å². The van der Waals surface area contributed by atoms with Crippen LogP contribution in [0.1, 0.15) is 56.6 Å². The molecule has 0 spiro atoms. The van der Waals surface area contributed by atoms with E-state index in [1.54, 1.807) is 4.31 Å². The van der Waals surface area contributed by atoms with E-state index < -0.39 is 10.0 Å². The minimum absolute atomic E-state index is 0.0397. The van der Waals surface area contributed by atoms with Gasteiger partial charge in [0.05, 0.1) is 11.4 Å². The van der Waals surface area contributed by atoms with Gasteiger partial charge in [0.1, 0.15) is 5.82 Å². The molecular weight excluding hydrogens is 314 g/mol. The number of aromatic nitrogens is 2. The molecule has 0 amide bonds. The van der Waals surface area contributed by atoms with Crippen LogP contribution in [0.3, 0.4) is 0 Å². The molecule has 1 aromatic rings. The van der Waals surface area contributed by atoms with Crippen molar-refractivity contribution in [2.45, 2.75) is 70.9 Å². The Labute approximate surface area is 137 Å². The number of nitrogens with one attached hydrogen (secondary N) is 1. The molecular formula is C16H25N3O3S. The summed E-state index contributed by atoms with van der Waals surface area (Å²) in [5.41, 5.74) is 1.39. The second-order valence-corrected chi connectivity index (χ2v) is 8.58. The van der Waals surface area contributed by atoms with Crippen LogP contribution >= 0.6 is 0 Å². The molecule has 6 nitrogen and oxygen atoms in total. The zero-order chi connectivity index (χ0) is 16.6. The maximum atomic E-state index is 12.7. The molecule has 2 bridgehead atoms. The molecule has 1 aromatic heterocycles. The molecule has 0 aliphatic carbocycles. The first kappa shape index (κ1) is 16.6. The molecule has 0 aromatic carbocycles.